The van der Waals surface area contributed by atoms with Gasteiger partial charge in [-0.1, -0.05) is 36.6 Å². The van der Waals surface area contributed by atoms with Crippen LogP contribution in [0, 0.1) is 5.92 Å². The lowest BCUT2D eigenvalue weighted by Crippen LogP contribution is -2.17. The number of benzene rings is 1. The second-order valence-corrected chi connectivity index (χ2v) is 4.24. The molecule has 2 nitrogen and oxygen atoms in total. The van der Waals surface area contributed by atoms with Crippen molar-refractivity contribution in [3.8, 4) is 5.75 Å². The first-order chi connectivity index (χ1) is 7.27. The molecular formula is C12H13ClO2. The third-order valence-electron chi connectivity index (χ3n) is 2.74. The lowest BCUT2D eigenvalue weighted by Gasteiger charge is -2.09. The van der Waals surface area contributed by atoms with Gasteiger partial charge in [0.15, 0.2) is 0 Å². The van der Waals surface area contributed by atoms with E-state index in [2.05, 4.69) is 0 Å². The van der Waals surface area contributed by atoms with Crippen LogP contribution in [0.5, 0.6) is 5.75 Å². The molecule has 0 heterocycles. The molecule has 1 aromatic rings. The number of ether oxygens (including phenoxy) is 1. The van der Waals surface area contributed by atoms with Gasteiger partial charge in [0, 0.05) is 0 Å². The van der Waals surface area contributed by atoms with Crippen LogP contribution in [-0.4, -0.2) is 5.97 Å². The molecule has 0 amide bonds. The highest BCUT2D eigenvalue weighted by molar-refractivity contribution is 6.32. The Kier molecular flexibility index (Phi) is 3.27. The summed E-state index contributed by atoms with van der Waals surface area (Å²) < 4.78 is 5.26. The minimum Gasteiger partial charge on any atom is -0.425 e. The third kappa shape index (κ3) is 2.51. The van der Waals surface area contributed by atoms with Gasteiger partial charge in [0.2, 0.25) is 0 Å². The van der Waals surface area contributed by atoms with E-state index >= 15 is 0 Å². The van der Waals surface area contributed by atoms with Crippen molar-refractivity contribution < 1.29 is 9.53 Å². The Labute approximate surface area is 94.2 Å². The van der Waals surface area contributed by atoms with E-state index in [0.29, 0.717) is 10.8 Å². The zero-order valence-corrected chi connectivity index (χ0v) is 9.17. The Morgan fingerprint density at radius 3 is 2.60 bits per heavy atom. The van der Waals surface area contributed by atoms with E-state index in [1.165, 1.54) is 0 Å². The third-order valence-corrected chi connectivity index (χ3v) is 3.05. The number of para-hydroxylation sites is 1. The van der Waals surface area contributed by atoms with Gasteiger partial charge in [-0.25, -0.2) is 0 Å². The molecule has 80 valence electrons. The predicted molar refractivity (Wildman–Crippen MR) is 59.0 cm³/mol. The van der Waals surface area contributed by atoms with Crippen molar-refractivity contribution in [2.24, 2.45) is 5.92 Å². The topological polar surface area (TPSA) is 26.3 Å². The van der Waals surface area contributed by atoms with Crippen molar-refractivity contribution in [3.63, 3.8) is 0 Å². The number of halogens is 1. The highest BCUT2D eigenvalue weighted by Gasteiger charge is 2.24. The monoisotopic (exact) mass is 224 g/mol. The number of hydrogen-bond donors (Lipinski definition) is 0. The van der Waals surface area contributed by atoms with Crippen molar-refractivity contribution in [2.75, 3.05) is 0 Å². The molecule has 3 heteroatoms. The number of hydrogen-bond acceptors (Lipinski definition) is 2. The largest absolute Gasteiger partial charge is 0.425 e. The predicted octanol–water partition coefficient (Wildman–Crippen LogP) is 3.44. The smallest absolute Gasteiger partial charge is 0.314 e. The summed E-state index contributed by atoms with van der Waals surface area (Å²) in [4.78, 5) is 11.7. The second kappa shape index (κ2) is 4.67. The molecule has 0 N–H and O–H groups in total. The standard InChI is InChI=1S/C12H13ClO2/c13-10-7-3-4-8-11(10)15-12(14)9-5-1-2-6-9/h3-4,7-9H,1-2,5-6H2. The fourth-order valence-electron chi connectivity index (χ4n) is 1.88. The maximum absolute atomic E-state index is 11.7. The highest BCUT2D eigenvalue weighted by Crippen LogP contribution is 2.29. The van der Waals surface area contributed by atoms with E-state index in [1.807, 2.05) is 12.1 Å². The number of esters is 1. The summed E-state index contributed by atoms with van der Waals surface area (Å²) in [6.07, 6.45) is 4.15. The second-order valence-electron chi connectivity index (χ2n) is 3.83. The fraction of sp³-hybridized carbons (Fsp3) is 0.417. The van der Waals surface area contributed by atoms with Crippen LogP contribution in [0.4, 0.5) is 0 Å². The fourth-order valence-corrected chi connectivity index (χ4v) is 2.06. The molecule has 0 aliphatic heterocycles. The van der Waals surface area contributed by atoms with Crippen LogP contribution in [0.15, 0.2) is 24.3 Å². The van der Waals surface area contributed by atoms with E-state index in [-0.39, 0.29) is 11.9 Å². The summed E-state index contributed by atoms with van der Waals surface area (Å²) in [7, 11) is 0. The maximum Gasteiger partial charge on any atom is 0.314 e. The summed E-state index contributed by atoms with van der Waals surface area (Å²) in [6, 6.07) is 7.06. The van der Waals surface area contributed by atoms with Crippen molar-refractivity contribution >= 4 is 17.6 Å². The molecule has 0 bridgehead atoms. The van der Waals surface area contributed by atoms with Gasteiger partial charge < -0.3 is 4.74 Å². The SMILES string of the molecule is O=C(Oc1ccccc1Cl)C1CCCC1. The first-order valence-electron chi connectivity index (χ1n) is 5.23. The van der Waals surface area contributed by atoms with Crippen LogP contribution < -0.4 is 4.74 Å². The molecule has 1 fully saturated rings. The van der Waals surface area contributed by atoms with Crippen LogP contribution in [0.2, 0.25) is 5.02 Å². The molecule has 0 radical (unpaired) electrons. The van der Waals surface area contributed by atoms with Gasteiger partial charge >= 0.3 is 5.97 Å². The molecule has 15 heavy (non-hydrogen) atoms. The Morgan fingerprint density at radius 2 is 1.93 bits per heavy atom. The first-order valence-corrected chi connectivity index (χ1v) is 5.61. The van der Waals surface area contributed by atoms with Gasteiger partial charge in [-0.2, -0.15) is 0 Å². The van der Waals surface area contributed by atoms with E-state index in [1.54, 1.807) is 12.1 Å². The van der Waals surface area contributed by atoms with Crippen LogP contribution in [0.3, 0.4) is 0 Å². The minimum atomic E-state index is -0.138. The van der Waals surface area contributed by atoms with Crippen molar-refractivity contribution in [2.45, 2.75) is 25.7 Å². The molecule has 1 aliphatic carbocycles. The van der Waals surface area contributed by atoms with Crippen molar-refractivity contribution in [3.05, 3.63) is 29.3 Å². The van der Waals surface area contributed by atoms with Crippen LogP contribution in [-0.2, 0) is 4.79 Å². The van der Waals surface area contributed by atoms with Gasteiger partial charge in [-0.3, -0.25) is 4.79 Å². The van der Waals surface area contributed by atoms with E-state index in [4.69, 9.17) is 16.3 Å². The molecule has 0 aromatic heterocycles. The Hall–Kier alpha value is -1.02. The lowest BCUT2D eigenvalue weighted by atomic mass is 10.1. The summed E-state index contributed by atoms with van der Waals surface area (Å²) in [6.45, 7) is 0. The molecule has 0 saturated heterocycles. The number of carbonyl (C=O) groups is 1. The van der Waals surface area contributed by atoms with Crippen molar-refractivity contribution in [1.82, 2.24) is 0 Å². The Morgan fingerprint density at radius 1 is 1.27 bits per heavy atom. The molecule has 0 atom stereocenters. The molecule has 1 saturated carbocycles. The van der Waals surface area contributed by atoms with Gasteiger partial charge in [0.05, 0.1) is 10.9 Å². The Balaban J connectivity index is 2.02. The van der Waals surface area contributed by atoms with Crippen LogP contribution in [0.1, 0.15) is 25.7 Å². The average Bonchev–Trinajstić information content (AvgIpc) is 2.74. The molecule has 1 aliphatic rings. The number of rotatable bonds is 2. The van der Waals surface area contributed by atoms with E-state index in [9.17, 15) is 4.79 Å². The quantitative estimate of drug-likeness (QED) is 0.568. The summed E-state index contributed by atoms with van der Waals surface area (Å²) in [5.74, 6) is 0.401. The zero-order chi connectivity index (χ0) is 10.7. The van der Waals surface area contributed by atoms with E-state index in [0.717, 1.165) is 25.7 Å². The van der Waals surface area contributed by atoms with Gasteiger partial charge in [-0.05, 0) is 25.0 Å². The molecule has 0 unspecified atom stereocenters. The normalized spacial score (nSPS) is 16.6. The highest BCUT2D eigenvalue weighted by atomic mass is 35.5. The van der Waals surface area contributed by atoms with E-state index < -0.39 is 0 Å². The molecular weight excluding hydrogens is 212 g/mol. The summed E-state index contributed by atoms with van der Waals surface area (Å²) in [5, 5.41) is 0.490. The lowest BCUT2D eigenvalue weighted by molar-refractivity contribution is -0.138. The van der Waals surface area contributed by atoms with Gasteiger partial charge in [0.1, 0.15) is 5.75 Å². The Bertz CT molecular complexity index is 356. The first kappa shape index (κ1) is 10.5. The van der Waals surface area contributed by atoms with Crippen LogP contribution in [0.25, 0.3) is 0 Å². The molecule has 1 aromatic carbocycles. The average molecular weight is 225 g/mol. The minimum absolute atomic E-state index is 0.0706. The molecule has 0 spiro atoms. The summed E-state index contributed by atoms with van der Waals surface area (Å²) >= 11 is 5.90. The summed E-state index contributed by atoms with van der Waals surface area (Å²) in [5.41, 5.74) is 0. The van der Waals surface area contributed by atoms with Crippen LogP contribution >= 0.6 is 11.6 Å². The van der Waals surface area contributed by atoms with Crippen molar-refractivity contribution in [1.29, 1.82) is 0 Å². The van der Waals surface area contributed by atoms with Gasteiger partial charge in [-0.15, -0.1) is 0 Å². The zero-order valence-electron chi connectivity index (χ0n) is 8.41. The maximum atomic E-state index is 11.7. The van der Waals surface area contributed by atoms with Gasteiger partial charge in [0.25, 0.3) is 0 Å². The number of carbonyl (C=O) groups excluding carboxylic acids is 1. The molecule has 2 rings (SSSR count).